The average molecular weight is 394 g/mol. The molecule has 1 aliphatic heterocycles. The van der Waals surface area contributed by atoms with Crippen LogP contribution in [0.4, 0.5) is 4.79 Å². The van der Waals surface area contributed by atoms with E-state index in [9.17, 15) is 9.59 Å². The summed E-state index contributed by atoms with van der Waals surface area (Å²) in [5.41, 5.74) is 0.965. The van der Waals surface area contributed by atoms with Crippen LogP contribution in [0.5, 0.6) is 0 Å². The summed E-state index contributed by atoms with van der Waals surface area (Å²) >= 11 is 3.27. The van der Waals surface area contributed by atoms with Gasteiger partial charge in [0.1, 0.15) is 11.0 Å². The summed E-state index contributed by atoms with van der Waals surface area (Å²) in [5.74, 6) is 0.379. The molecule has 0 radical (unpaired) electrons. The summed E-state index contributed by atoms with van der Waals surface area (Å²) in [5, 5.41) is 3.81. The molecule has 2 atom stereocenters. The molecule has 1 N–H and O–H groups in total. The van der Waals surface area contributed by atoms with Crippen molar-refractivity contribution in [3.63, 3.8) is 0 Å². The molecule has 1 fully saturated rings. The van der Waals surface area contributed by atoms with Crippen LogP contribution in [0.15, 0.2) is 24.3 Å². The maximum Gasteiger partial charge on any atom is 0.328 e. The van der Waals surface area contributed by atoms with Crippen molar-refractivity contribution in [3.8, 4) is 0 Å². The largest absolute Gasteiger partial charge is 0.467 e. The predicted octanol–water partition coefficient (Wildman–Crippen LogP) is 3.44. The highest BCUT2D eigenvalue weighted by Gasteiger charge is 2.34. The van der Waals surface area contributed by atoms with E-state index < -0.39 is 12.0 Å². The molecule has 3 rings (SSSR count). The first kappa shape index (κ1) is 19.0. The van der Waals surface area contributed by atoms with Gasteiger partial charge in [-0.1, -0.05) is 12.1 Å². The van der Waals surface area contributed by atoms with Crippen LogP contribution in [0, 0.1) is 0 Å². The Bertz CT molecular complexity index is 747. The van der Waals surface area contributed by atoms with E-state index in [1.807, 2.05) is 30.5 Å². The molecule has 1 saturated heterocycles. The summed E-state index contributed by atoms with van der Waals surface area (Å²) in [4.78, 5) is 31.3. The molecule has 26 heavy (non-hydrogen) atoms. The fourth-order valence-corrected chi connectivity index (χ4v) is 4.74. The number of likely N-dealkylation sites (tertiary alicyclic amines) is 1. The van der Waals surface area contributed by atoms with E-state index in [-0.39, 0.29) is 12.1 Å². The monoisotopic (exact) mass is 393 g/mol. The molecule has 1 aliphatic rings. The van der Waals surface area contributed by atoms with Gasteiger partial charge in [0.05, 0.1) is 23.4 Å². The van der Waals surface area contributed by atoms with E-state index in [1.54, 1.807) is 28.0 Å². The number of aromatic nitrogens is 1. The molecule has 2 amide bonds. The van der Waals surface area contributed by atoms with Gasteiger partial charge in [0.2, 0.25) is 0 Å². The first-order valence-electron chi connectivity index (χ1n) is 8.63. The number of hydrogen-bond donors (Lipinski definition) is 1. The minimum absolute atomic E-state index is 0.0359. The van der Waals surface area contributed by atoms with E-state index in [1.165, 1.54) is 7.11 Å². The summed E-state index contributed by atoms with van der Waals surface area (Å²) in [7, 11) is 1.35. The molecule has 140 valence electrons. The molecule has 1 aromatic carbocycles. The molecule has 6 nitrogen and oxygen atoms in total. The smallest absolute Gasteiger partial charge is 0.328 e. The van der Waals surface area contributed by atoms with E-state index >= 15 is 0 Å². The Labute approximate surface area is 161 Å². The van der Waals surface area contributed by atoms with Crippen LogP contribution in [-0.4, -0.2) is 53.6 Å². The minimum atomic E-state index is -0.614. The molecular formula is C18H23N3O3S2. The number of carbonyl (C=O) groups excluding carboxylic acids is 2. The van der Waals surface area contributed by atoms with Crippen molar-refractivity contribution in [2.45, 2.75) is 31.3 Å². The van der Waals surface area contributed by atoms with E-state index in [0.717, 1.165) is 33.8 Å². The van der Waals surface area contributed by atoms with Crippen molar-refractivity contribution in [3.05, 3.63) is 29.3 Å². The van der Waals surface area contributed by atoms with Gasteiger partial charge in [0.25, 0.3) is 0 Å². The van der Waals surface area contributed by atoms with Crippen LogP contribution in [-0.2, 0) is 9.53 Å². The van der Waals surface area contributed by atoms with Crippen LogP contribution in [0.1, 0.15) is 30.3 Å². The standard InChI is InChI=1S/C18H23N3O3S2/c1-24-17(22)13(9-11-25-2)20-18(23)21-10-5-7-14(21)16-19-12-6-3-4-8-15(12)26-16/h3-4,6,8,13-14H,5,7,9-11H2,1-2H3,(H,20,23)/t13-,14+/m0/s1. The number of nitrogens with one attached hydrogen (secondary N) is 1. The minimum Gasteiger partial charge on any atom is -0.467 e. The van der Waals surface area contributed by atoms with E-state index in [4.69, 9.17) is 9.72 Å². The number of urea groups is 1. The summed E-state index contributed by atoms with van der Waals surface area (Å²) in [6.45, 7) is 0.669. The third-order valence-electron chi connectivity index (χ3n) is 4.50. The van der Waals surface area contributed by atoms with Crippen molar-refractivity contribution in [1.82, 2.24) is 15.2 Å². The highest BCUT2D eigenvalue weighted by molar-refractivity contribution is 7.98. The number of fused-ring (bicyclic) bond motifs is 1. The Hall–Kier alpha value is -1.80. The lowest BCUT2D eigenvalue weighted by Crippen LogP contribution is -2.48. The Morgan fingerprint density at radius 3 is 3.00 bits per heavy atom. The highest BCUT2D eigenvalue weighted by atomic mass is 32.2. The third kappa shape index (κ3) is 4.12. The van der Waals surface area contributed by atoms with Crippen LogP contribution >= 0.6 is 23.1 Å². The maximum absolute atomic E-state index is 12.8. The quantitative estimate of drug-likeness (QED) is 0.761. The lowest BCUT2D eigenvalue weighted by Gasteiger charge is -2.26. The maximum atomic E-state index is 12.8. The number of ether oxygens (including phenoxy) is 1. The Morgan fingerprint density at radius 1 is 1.46 bits per heavy atom. The van der Waals surface area contributed by atoms with Gasteiger partial charge in [-0.2, -0.15) is 11.8 Å². The van der Waals surface area contributed by atoms with Gasteiger partial charge in [-0.05, 0) is 43.4 Å². The van der Waals surface area contributed by atoms with Crippen molar-refractivity contribution >= 4 is 45.3 Å². The zero-order chi connectivity index (χ0) is 18.5. The molecule has 0 saturated carbocycles. The number of thiazole rings is 1. The number of esters is 1. The van der Waals surface area contributed by atoms with Gasteiger partial charge >= 0.3 is 12.0 Å². The lowest BCUT2D eigenvalue weighted by atomic mass is 10.2. The molecule has 0 bridgehead atoms. The van der Waals surface area contributed by atoms with E-state index in [2.05, 4.69) is 5.32 Å². The molecule has 2 heterocycles. The second-order valence-electron chi connectivity index (χ2n) is 6.18. The topological polar surface area (TPSA) is 71.5 Å². The van der Waals surface area contributed by atoms with Gasteiger partial charge < -0.3 is 15.0 Å². The van der Waals surface area contributed by atoms with Crippen LogP contribution < -0.4 is 5.32 Å². The molecule has 0 unspecified atom stereocenters. The molecule has 8 heteroatoms. The number of thioether (sulfide) groups is 1. The number of benzene rings is 1. The van der Waals surface area contributed by atoms with E-state index in [0.29, 0.717) is 13.0 Å². The fraction of sp³-hybridized carbons (Fsp3) is 0.500. The van der Waals surface area contributed by atoms with Crippen molar-refractivity contribution in [2.75, 3.05) is 25.7 Å². The third-order valence-corrected chi connectivity index (χ3v) is 6.28. The zero-order valence-corrected chi connectivity index (χ0v) is 16.6. The van der Waals surface area contributed by atoms with Gasteiger partial charge in [-0.25, -0.2) is 14.6 Å². The molecular weight excluding hydrogens is 370 g/mol. The number of nitrogens with zero attached hydrogens (tertiary/aromatic N) is 2. The summed E-state index contributed by atoms with van der Waals surface area (Å²) in [6, 6.07) is 7.13. The number of rotatable bonds is 6. The Morgan fingerprint density at radius 2 is 2.27 bits per heavy atom. The van der Waals surface area contributed by atoms with Crippen molar-refractivity contribution in [1.29, 1.82) is 0 Å². The van der Waals surface area contributed by atoms with Gasteiger partial charge in [-0.3, -0.25) is 0 Å². The highest BCUT2D eigenvalue weighted by Crippen LogP contribution is 2.36. The Kier molecular flexibility index (Phi) is 6.37. The number of carbonyl (C=O) groups is 2. The van der Waals surface area contributed by atoms with Crippen LogP contribution in [0.2, 0.25) is 0 Å². The van der Waals surface area contributed by atoms with Crippen molar-refractivity contribution < 1.29 is 14.3 Å². The fourth-order valence-electron chi connectivity index (χ4n) is 3.16. The number of hydrogen-bond acceptors (Lipinski definition) is 6. The second-order valence-corrected chi connectivity index (χ2v) is 8.23. The average Bonchev–Trinajstić information content (AvgIpc) is 3.30. The summed E-state index contributed by atoms with van der Waals surface area (Å²) < 4.78 is 5.96. The summed E-state index contributed by atoms with van der Waals surface area (Å²) in [6.07, 6.45) is 4.35. The first-order chi connectivity index (χ1) is 12.6. The lowest BCUT2D eigenvalue weighted by molar-refractivity contribution is -0.142. The molecule has 0 spiro atoms. The van der Waals surface area contributed by atoms with Crippen molar-refractivity contribution in [2.24, 2.45) is 0 Å². The molecule has 2 aromatic rings. The van der Waals surface area contributed by atoms with Crippen LogP contribution in [0.25, 0.3) is 10.2 Å². The predicted molar refractivity (Wildman–Crippen MR) is 106 cm³/mol. The van der Waals surface area contributed by atoms with Gasteiger partial charge in [-0.15, -0.1) is 11.3 Å². The number of para-hydroxylation sites is 1. The Balaban J connectivity index is 1.73. The number of methoxy groups -OCH3 is 1. The SMILES string of the molecule is COC(=O)[C@H](CCSC)NC(=O)N1CCC[C@@H]1c1nc2ccccc2s1. The second kappa shape index (κ2) is 8.73. The molecule has 0 aliphatic carbocycles. The van der Waals surface area contributed by atoms with Crippen LogP contribution in [0.3, 0.4) is 0 Å². The normalized spacial score (nSPS) is 18.1. The molecule has 1 aromatic heterocycles. The van der Waals surface area contributed by atoms with Gasteiger partial charge in [0.15, 0.2) is 0 Å². The first-order valence-corrected chi connectivity index (χ1v) is 10.8. The van der Waals surface area contributed by atoms with Gasteiger partial charge in [0, 0.05) is 6.54 Å². The number of amides is 2. The zero-order valence-electron chi connectivity index (χ0n) is 14.9.